The number of ether oxygens (including phenoxy) is 1. The number of aryl methyl sites for hydroxylation is 1. The van der Waals surface area contributed by atoms with Gasteiger partial charge in [0.2, 0.25) is 0 Å². The van der Waals surface area contributed by atoms with Crippen LogP contribution in [-0.4, -0.2) is 36.5 Å². The average molecular weight is 404 g/mol. The van der Waals surface area contributed by atoms with Gasteiger partial charge in [0, 0.05) is 36.5 Å². The van der Waals surface area contributed by atoms with E-state index in [0.717, 1.165) is 42.8 Å². The van der Waals surface area contributed by atoms with Crippen molar-refractivity contribution in [2.75, 3.05) is 13.6 Å². The van der Waals surface area contributed by atoms with Crippen LogP contribution in [0.2, 0.25) is 0 Å². The number of fused-ring (bicyclic) bond motifs is 1. The van der Waals surface area contributed by atoms with E-state index in [-0.39, 0.29) is 23.5 Å². The Balaban J connectivity index is 1.39. The summed E-state index contributed by atoms with van der Waals surface area (Å²) in [6.45, 7) is 8.15. The zero-order valence-electron chi connectivity index (χ0n) is 18.2. The van der Waals surface area contributed by atoms with E-state index < -0.39 is 0 Å². The van der Waals surface area contributed by atoms with E-state index in [1.54, 1.807) is 6.07 Å². The van der Waals surface area contributed by atoms with Crippen LogP contribution in [0.3, 0.4) is 0 Å². The molecule has 0 saturated heterocycles. The Morgan fingerprint density at radius 3 is 2.73 bits per heavy atom. The number of nitrogens with zero attached hydrogens (tertiary/aromatic N) is 2. The zero-order valence-corrected chi connectivity index (χ0v) is 18.2. The van der Waals surface area contributed by atoms with Gasteiger partial charge in [-0.3, -0.25) is 4.79 Å². The highest BCUT2D eigenvalue weighted by atomic mass is 16.5. The quantitative estimate of drug-likeness (QED) is 0.843. The molecule has 0 bridgehead atoms. The molecule has 30 heavy (non-hydrogen) atoms. The Bertz CT molecular complexity index is 1020. The lowest BCUT2D eigenvalue weighted by Gasteiger charge is -2.51. The SMILES string of the molecule is Cc1cc(O[C@H]2C[C@H](NC(=O)c3ccc4c(c3)CCN(C)C4)C2(C)C)ccc1C#N. The van der Waals surface area contributed by atoms with Crippen LogP contribution in [0.4, 0.5) is 0 Å². The second-order valence-corrected chi connectivity index (χ2v) is 9.25. The highest BCUT2D eigenvalue weighted by molar-refractivity contribution is 5.94. The van der Waals surface area contributed by atoms with E-state index in [4.69, 9.17) is 10.00 Å². The van der Waals surface area contributed by atoms with E-state index in [0.29, 0.717) is 5.56 Å². The van der Waals surface area contributed by atoms with Crippen LogP contribution in [0, 0.1) is 23.7 Å². The van der Waals surface area contributed by atoms with Gasteiger partial charge in [-0.25, -0.2) is 0 Å². The summed E-state index contributed by atoms with van der Waals surface area (Å²) >= 11 is 0. The molecule has 2 atom stereocenters. The standard InChI is InChI=1S/C25H29N3O2/c1-16-11-21(8-7-19(16)14-26)30-23-13-22(25(23,2)3)27-24(29)18-5-6-20-15-28(4)10-9-17(20)12-18/h5-8,11-12,22-23H,9-10,13,15H2,1-4H3,(H,27,29)/t22-,23-/m0/s1. The molecule has 0 aromatic heterocycles. The molecule has 5 heteroatoms. The summed E-state index contributed by atoms with van der Waals surface area (Å²) in [5, 5.41) is 12.3. The highest BCUT2D eigenvalue weighted by Crippen LogP contribution is 2.43. The number of benzene rings is 2. The summed E-state index contributed by atoms with van der Waals surface area (Å²) in [4.78, 5) is 15.2. The van der Waals surface area contributed by atoms with E-state index >= 15 is 0 Å². The van der Waals surface area contributed by atoms with Gasteiger partial charge in [0.15, 0.2) is 0 Å². The first-order chi connectivity index (χ1) is 14.3. The minimum absolute atomic E-state index is 0.0116. The van der Waals surface area contributed by atoms with Crippen molar-refractivity contribution in [3.8, 4) is 11.8 Å². The first kappa shape index (κ1) is 20.4. The molecule has 1 N–H and O–H groups in total. The number of nitrogens with one attached hydrogen (secondary N) is 1. The Hall–Kier alpha value is -2.84. The monoisotopic (exact) mass is 403 g/mol. The Morgan fingerprint density at radius 2 is 2.03 bits per heavy atom. The highest BCUT2D eigenvalue weighted by Gasteiger charge is 2.50. The molecule has 2 aromatic rings. The first-order valence-corrected chi connectivity index (χ1v) is 10.6. The zero-order chi connectivity index (χ0) is 21.5. The third-order valence-electron chi connectivity index (χ3n) is 6.75. The molecule has 4 rings (SSSR count). The molecule has 0 radical (unpaired) electrons. The van der Waals surface area contributed by atoms with E-state index in [9.17, 15) is 4.79 Å². The molecular weight excluding hydrogens is 374 g/mol. The van der Waals surface area contributed by atoms with Gasteiger partial charge < -0.3 is 15.0 Å². The number of hydrogen-bond donors (Lipinski definition) is 1. The van der Waals surface area contributed by atoms with Gasteiger partial charge in [0.05, 0.1) is 11.6 Å². The lowest BCUT2D eigenvalue weighted by atomic mass is 9.64. The predicted molar refractivity (Wildman–Crippen MR) is 116 cm³/mol. The second-order valence-electron chi connectivity index (χ2n) is 9.25. The van der Waals surface area contributed by atoms with Gasteiger partial charge in [-0.15, -0.1) is 0 Å². The lowest BCUT2D eigenvalue weighted by molar-refractivity contribution is -0.0515. The van der Waals surface area contributed by atoms with Crippen LogP contribution >= 0.6 is 0 Å². The molecule has 1 aliphatic carbocycles. The predicted octanol–water partition coefficient (Wildman–Crippen LogP) is 3.83. The number of carbonyl (C=O) groups is 1. The van der Waals surface area contributed by atoms with Gasteiger partial charge in [0.25, 0.3) is 5.91 Å². The molecule has 5 nitrogen and oxygen atoms in total. The van der Waals surface area contributed by atoms with E-state index in [1.807, 2.05) is 25.1 Å². The van der Waals surface area contributed by atoms with E-state index in [2.05, 4.69) is 49.3 Å². The second kappa shape index (κ2) is 7.77. The van der Waals surface area contributed by atoms with Crippen molar-refractivity contribution in [1.29, 1.82) is 5.26 Å². The molecule has 1 aliphatic heterocycles. The van der Waals surface area contributed by atoms with Crippen molar-refractivity contribution in [1.82, 2.24) is 10.2 Å². The number of carbonyl (C=O) groups excluding carboxylic acids is 1. The van der Waals surface area contributed by atoms with Crippen molar-refractivity contribution in [3.63, 3.8) is 0 Å². The topological polar surface area (TPSA) is 65.4 Å². The van der Waals surface area contributed by atoms with Crippen molar-refractivity contribution in [3.05, 3.63) is 64.2 Å². The van der Waals surface area contributed by atoms with Crippen LogP contribution in [0.15, 0.2) is 36.4 Å². The molecular formula is C25H29N3O2. The molecule has 156 valence electrons. The number of nitriles is 1. The molecule has 0 spiro atoms. The molecule has 1 saturated carbocycles. The van der Waals surface area contributed by atoms with Gasteiger partial charge >= 0.3 is 0 Å². The Morgan fingerprint density at radius 1 is 1.23 bits per heavy atom. The molecule has 2 aliphatic rings. The third-order valence-corrected chi connectivity index (χ3v) is 6.75. The lowest BCUT2D eigenvalue weighted by Crippen LogP contribution is -2.63. The maximum Gasteiger partial charge on any atom is 0.251 e. The first-order valence-electron chi connectivity index (χ1n) is 10.6. The van der Waals surface area contributed by atoms with Crippen LogP contribution in [0.5, 0.6) is 5.75 Å². The largest absolute Gasteiger partial charge is 0.490 e. The Kier molecular flexibility index (Phi) is 5.29. The third kappa shape index (κ3) is 3.80. The normalized spacial score (nSPS) is 22.4. The minimum atomic E-state index is -0.172. The number of hydrogen-bond acceptors (Lipinski definition) is 4. The molecule has 1 fully saturated rings. The van der Waals surface area contributed by atoms with Crippen molar-refractivity contribution in [2.24, 2.45) is 5.41 Å². The minimum Gasteiger partial charge on any atom is -0.490 e. The summed E-state index contributed by atoms with van der Waals surface area (Å²) in [6, 6.07) is 13.9. The van der Waals surface area contributed by atoms with Gasteiger partial charge in [-0.05, 0) is 67.4 Å². The van der Waals surface area contributed by atoms with Crippen LogP contribution in [-0.2, 0) is 13.0 Å². The van der Waals surface area contributed by atoms with Crippen LogP contribution < -0.4 is 10.1 Å². The summed E-state index contributed by atoms with van der Waals surface area (Å²) in [7, 11) is 2.12. The van der Waals surface area contributed by atoms with Crippen LogP contribution in [0.1, 0.15) is 52.9 Å². The average Bonchev–Trinajstić information content (AvgIpc) is 2.72. The molecule has 2 aromatic carbocycles. The molecule has 0 unspecified atom stereocenters. The number of likely N-dealkylation sites (N-methyl/N-ethyl adjacent to an activating group) is 1. The number of amides is 1. The van der Waals surface area contributed by atoms with Crippen molar-refractivity contribution in [2.45, 2.75) is 52.3 Å². The number of rotatable bonds is 4. The fourth-order valence-corrected chi connectivity index (χ4v) is 4.41. The van der Waals surface area contributed by atoms with Crippen molar-refractivity contribution >= 4 is 5.91 Å². The van der Waals surface area contributed by atoms with Gasteiger partial charge in [-0.2, -0.15) is 5.26 Å². The van der Waals surface area contributed by atoms with Crippen LogP contribution in [0.25, 0.3) is 0 Å². The smallest absolute Gasteiger partial charge is 0.251 e. The maximum absolute atomic E-state index is 12.9. The summed E-state index contributed by atoms with van der Waals surface area (Å²) in [5.41, 5.74) is 4.74. The summed E-state index contributed by atoms with van der Waals surface area (Å²) < 4.78 is 6.18. The van der Waals surface area contributed by atoms with Gasteiger partial charge in [-0.1, -0.05) is 19.9 Å². The molecule has 1 amide bonds. The summed E-state index contributed by atoms with van der Waals surface area (Å²) in [6.07, 6.45) is 1.78. The molecule has 1 heterocycles. The van der Waals surface area contributed by atoms with Gasteiger partial charge in [0.1, 0.15) is 11.9 Å². The summed E-state index contributed by atoms with van der Waals surface area (Å²) in [5.74, 6) is 0.761. The Labute approximate surface area is 178 Å². The maximum atomic E-state index is 12.9. The fourth-order valence-electron chi connectivity index (χ4n) is 4.41. The van der Waals surface area contributed by atoms with Crippen molar-refractivity contribution < 1.29 is 9.53 Å². The fraction of sp³-hybridized carbons (Fsp3) is 0.440. The van der Waals surface area contributed by atoms with E-state index in [1.165, 1.54) is 11.1 Å².